The predicted molar refractivity (Wildman–Crippen MR) is 143 cm³/mol. The lowest BCUT2D eigenvalue weighted by atomic mass is 9.86. The van der Waals surface area contributed by atoms with Crippen LogP contribution in [-0.4, -0.2) is 46.2 Å². The number of primary amides is 1. The maximum atomic E-state index is 15.3. The average molecular weight is 543 g/mol. The highest BCUT2D eigenvalue weighted by Crippen LogP contribution is 2.49. The van der Waals surface area contributed by atoms with Crippen molar-refractivity contribution in [3.63, 3.8) is 0 Å². The lowest BCUT2D eigenvalue weighted by molar-refractivity contribution is 0.0577. The van der Waals surface area contributed by atoms with E-state index in [4.69, 9.17) is 10.3 Å². The molecule has 40 heavy (non-hydrogen) atoms. The summed E-state index contributed by atoms with van der Waals surface area (Å²) in [5.41, 5.74) is 6.76. The number of allylic oxidation sites excluding steroid dienone is 2. The Morgan fingerprint density at radius 3 is 2.65 bits per heavy atom. The number of aryl methyl sites for hydroxylation is 1. The van der Waals surface area contributed by atoms with Crippen LogP contribution >= 0.6 is 0 Å². The zero-order chi connectivity index (χ0) is 28.6. The number of nitrogens with zero attached hydrogens (tertiary/aromatic N) is 5. The van der Waals surface area contributed by atoms with Crippen LogP contribution in [0.1, 0.15) is 66.3 Å². The summed E-state index contributed by atoms with van der Waals surface area (Å²) < 4.78 is 23.9. The SMILES string of the molecule is Cc1cc([C@](C)(O)C#Cc2cc3c(cc2F)C2=CC(C2)n2c-3nc(C(N)=O)c2-c2cnn(CC(C)(C)O)c2)no1. The molecule has 0 saturated carbocycles. The number of imidazole rings is 1. The Bertz CT molecular complexity index is 1790. The van der Waals surface area contributed by atoms with E-state index in [0.29, 0.717) is 40.4 Å². The molecule has 7 rings (SSSR count). The zero-order valence-electron chi connectivity index (χ0n) is 22.4. The van der Waals surface area contributed by atoms with Gasteiger partial charge in [-0.1, -0.05) is 23.1 Å². The number of carbonyl (C=O) groups is 1. The van der Waals surface area contributed by atoms with Gasteiger partial charge in [0.1, 0.15) is 23.1 Å². The number of aromatic nitrogens is 5. The summed E-state index contributed by atoms with van der Waals surface area (Å²) in [5, 5.41) is 29.2. The number of aliphatic hydroxyl groups is 2. The van der Waals surface area contributed by atoms with Crippen molar-refractivity contribution < 1.29 is 23.9 Å². The van der Waals surface area contributed by atoms with Crippen molar-refractivity contribution in [2.45, 2.75) is 57.9 Å². The molecule has 0 radical (unpaired) electrons. The van der Waals surface area contributed by atoms with Crippen molar-refractivity contribution in [1.82, 2.24) is 24.5 Å². The Morgan fingerprint density at radius 1 is 1.25 bits per heavy atom. The van der Waals surface area contributed by atoms with Crippen LogP contribution in [0.25, 0.3) is 28.2 Å². The van der Waals surface area contributed by atoms with Crippen molar-refractivity contribution >= 4 is 11.5 Å². The number of halogens is 1. The van der Waals surface area contributed by atoms with Gasteiger partial charge in [-0.15, -0.1) is 0 Å². The molecule has 0 saturated heterocycles. The molecule has 10 nitrogen and oxygen atoms in total. The molecular formula is C29H27FN6O4. The lowest BCUT2D eigenvalue weighted by Crippen LogP contribution is -2.26. The van der Waals surface area contributed by atoms with Gasteiger partial charge in [-0.3, -0.25) is 9.48 Å². The van der Waals surface area contributed by atoms with Crippen LogP contribution in [0, 0.1) is 24.6 Å². The standard InChI is InChI=1S/C29H27FN6O4/c1-15-7-23(34-40-15)29(4,39)6-5-16-10-21-20(11-22(16)30)17-8-19(9-17)36-25(24(26(31)37)33-27(21)36)18-12-32-35(13-18)14-28(2,3)38/h7-8,10-13,19,38-39H,9,14H2,1-4H3,(H2,31,37)/t19?,29-/m1/s1. The molecule has 4 aromatic rings. The van der Waals surface area contributed by atoms with Gasteiger partial charge in [0.2, 0.25) is 0 Å². The third-order valence-electron chi connectivity index (χ3n) is 7.02. The summed E-state index contributed by atoms with van der Waals surface area (Å²) in [6.07, 6.45) is 5.96. The van der Waals surface area contributed by atoms with Crippen molar-refractivity contribution in [3.05, 3.63) is 70.8 Å². The van der Waals surface area contributed by atoms with Crippen LogP contribution in [0.5, 0.6) is 0 Å². The number of rotatable bonds is 5. The van der Waals surface area contributed by atoms with Crippen LogP contribution in [-0.2, 0) is 12.1 Å². The summed E-state index contributed by atoms with van der Waals surface area (Å²) in [7, 11) is 0. The van der Waals surface area contributed by atoms with Gasteiger partial charge >= 0.3 is 0 Å². The third-order valence-corrected chi connectivity index (χ3v) is 7.02. The van der Waals surface area contributed by atoms with E-state index >= 15 is 4.39 Å². The number of amides is 1. The Balaban J connectivity index is 1.49. The molecule has 2 atom stereocenters. The summed E-state index contributed by atoms with van der Waals surface area (Å²) in [5.74, 6) is 5.14. The van der Waals surface area contributed by atoms with Gasteiger partial charge in [-0.05, 0) is 57.4 Å². The Hall–Kier alpha value is -4.53. The molecule has 1 unspecified atom stereocenters. The van der Waals surface area contributed by atoms with Crippen molar-refractivity contribution in [2.24, 2.45) is 5.73 Å². The van der Waals surface area contributed by atoms with Crippen molar-refractivity contribution in [1.29, 1.82) is 0 Å². The van der Waals surface area contributed by atoms with E-state index in [1.165, 1.54) is 13.0 Å². The number of benzene rings is 1. The number of nitrogens with two attached hydrogens (primary N) is 1. The summed E-state index contributed by atoms with van der Waals surface area (Å²) >= 11 is 0. The van der Waals surface area contributed by atoms with E-state index in [0.717, 1.165) is 5.57 Å². The minimum atomic E-state index is -1.67. The van der Waals surface area contributed by atoms with Gasteiger partial charge in [0.15, 0.2) is 11.3 Å². The fourth-order valence-electron chi connectivity index (χ4n) is 5.12. The molecule has 2 bridgehead atoms. The lowest BCUT2D eigenvalue weighted by Gasteiger charge is -2.26. The van der Waals surface area contributed by atoms with Crippen LogP contribution in [0.15, 0.2) is 41.2 Å². The molecule has 204 valence electrons. The molecular weight excluding hydrogens is 515 g/mol. The normalized spacial score (nSPS) is 17.0. The second kappa shape index (κ2) is 8.74. The summed E-state index contributed by atoms with van der Waals surface area (Å²) in [6, 6.07) is 4.43. The van der Waals surface area contributed by atoms with E-state index in [9.17, 15) is 15.0 Å². The molecule has 3 aliphatic rings. The Labute approximate surface area is 228 Å². The monoisotopic (exact) mass is 542 g/mol. The summed E-state index contributed by atoms with van der Waals surface area (Å²) in [4.78, 5) is 17.2. The first kappa shape index (κ1) is 25.7. The molecule has 0 spiro atoms. The van der Waals surface area contributed by atoms with E-state index in [1.54, 1.807) is 50.0 Å². The predicted octanol–water partition coefficient (Wildman–Crippen LogP) is 3.32. The van der Waals surface area contributed by atoms with Gasteiger partial charge in [0.05, 0.1) is 35.6 Å². The second-order valence-electron chi connectivity index (χ2n) is 11.1. The van der Waals surface area contributed by atoms with E-state index in [1.807, 2.05) is 10.6 Å². The first-order valence-corrected chi connectivity index (χ1v) is 12.7. The smallest absolute Gasteiger partial charge is 0.269 e. The first-order chi connectivity index (χ1) is 18.8. The molecule has 1 aliphatic carbocycles. The van der Waals surface area contributed by atoms with Crippen molar-refractivity contribution in [2.75, 3.05) is 0 Å². The van der Waals surface area contributed by atoms with Crippen LogP contribution in [0.2, 0.25) is 0 Å². The Kier molecular flexibility index (Phi) is 5.62. The highest BCUT2D eigenvalue weighted by Gasteiger charge is 2.37. The quantitative estimate of drug-likeness (QED) is 0.328. The first-order valence-electron chi connectivity index (χ1n) is 12.7. The minimum Gasteiger partial charge on any atom is -0.389 e. The van der Waals surface area contributed by atoms with Gasteiger partial charge < -0.3 is 25.0 Å². The maximum Gasteiger partial charge on any atom is 0.269 e. The second-order valence-corrected chi connectivity index (χ2v) is 11.1. The van der Waals surface area contributed by atoms with Crippen molar-refractivity contribution in [3.8, 4) is 34.5 Å². The molecule has 4 N–H and O–H groups in total. The van der Waals surface area contributed by atoms with Gasteiger partial charge in [0.25, 0.3) is 5.91 Å². The van der Waals surface area contributed by atoms with Crippen LogP contribution < -0.4 is 5.73 Å². The molecule has 3 aromatic heterocycles. The molecule has 0 fully saturated rings. The highest BCUT2D eigenvalue weighted by atomic mass is 19.1. The molecule has 5 heterocycles. The fraction of sp³-hybridized carbons (Fsp3) is 0.310. The maximum absolute atomic E-state index is 15.3. The van der Waals surface area contributed by atoms with E-state index < -0.39 is 22.9 Å². The minimum absolute atomic E-state index is 0.0497. The number of hydrogen-bond donors (Lipinski definition) is 3. The van der Waals surface area contributed by atoms with Gasteiger partial charge in [-0.2, -0.15) is 5.10 Å². The molecule has 2 aliphatic heterocycles. The zero-order valence-corrected chi connectivity index (χ0v) is 22.4. The fourth-order valence-corrected chi connectivity index (χ4v) is 5.12. The van der Waals surface area contributed by atoms with Gasteiger partial charge in [0, 0.05) is 23.4 Å². The van der Waals surface area contributed by atoms with E-state index in [-0.39, 0.29) is 29.5 Å². The molecule has 1 amide bonds. The number of hydrogen-bond acceptors (Lipinski definition) is 7. The average Bonchev–Trinajstić information content (AvgIpc) is 3.52. The largest absolute Gasteiger partial charge is 0.389 e. The Morgan fingerprint density at radius 2 is 2.00 bits per heavy atom. The van der Waals surface area contributed by atoms with Crippen LogP contribution in [0.3, 0.4) is 0 Å². The number of carbonyl (C=O) groups excluding carboxylic acids is 1. The van der Waals surface area contributed by atoms with E-state index in [2.05, 4.69) is 27.1 Å². The van der Waals surface area contributed by atoms with Gasteiger partial charge in [-0.25, -0.2) is 9.37 Å². The summed E-state index contributed by atoms with van der Waals surface area (Å²) in [6.45, 7) is 6.75. The topological polar surface area (TPSA) is 145 Å². The highest BCUT2D eigenvalue weighted by molar-refractivity contribution is 5.99. The molecule has 1 aromatic carbocycles. The van der Waals surface area contributed by atoms with Crippen LogP contribution in [0.4, 0.5) is 4.39 Å². The molecule has 11 heteroatoms. The third kappa shape index (κ3) is 4.31.